The van der Waals surface area contributed by atoms with Crippen molar-refractivity contribution in [2.24, 2.45) is 0 Å². The fourth-order valence-corrected chi connectivity index (χ4v) is 4.11. The van der Waals surface area contributed by atoms with Crippen molar-refractivity contribution in [3.8, 4) is 0 Å². The maximum absolute atomic E-state index is 14.4. The Balaban J connectivity index is 1.34. The second-order valence-corrected chi connectivity index (χ2v) is 9.34. The van der Waals surface area contributed by atoms with Gasteiger partial charge in [-0.15, -0.1) is 0 Å². The molecule has 3 aromatic rings. The molecule has 1 aliphatic rings. The van der Waals surface area contributed by atoms with Crippen LogP contribution in [0.15, 0.2) is 47.4 Å². The third-order valence-corrected chi connectivity index (χ3v) is 6.09. The van der Waals surface area contributed by atoms with Crippen LogP contribution in [-0.4, -0.2) is 54.9 Å². The third kappa shape index (κ3) is 4.63. The summed E-state index contributed by atoms with van der Waals surface area (Å²) < 4.78 is 56.4. The number of rotatable bonds is 6. The van der Waals surface area contributed by atoms with Gasteiger partial charge in [0.2, 0.25) is 0 Å². The van der Waals surface area contributed by atoms with E-state index in [4.69, 9.17) is 4.74 Å². The summed E-state index contributed by atoms with van der Waals surface area (Å²) in [5, 5.41) is 0. The summed E-state index contributed by atoms with van der Waals surface area (Å²) in [6.45, 7) is 1.28. The molecule has 0 bridgehead atoms. The Morgan fingerprint density at radius 3 is 2.69 bits per heavy atom. The van der Waals surface area contributed by atoms with Gasteiger partial charge in [-0.2, -0.15) is 0 Å². The first kappa shape index (κ1) is 19.9. The molecular formula is C20H21F2N3O3S. The normalized spacial score (nSPS) is 20.5. The van der Waals surface area contributed by atoms with Crippen molar-refractivity contribution < 1.29 is 21.9 Å². The first-order valence-corrected chi connectivity index (χ1v) is 11.1. The molecule has 1 aromatic heterocycles. The van der Waals surface area contributed by atoms with Crippen molar-refractivity contribution in [3.63, 3.8) is 0 Å². The highest BCUT2D eigenvalue weighted by Crippen LogP contribution is 2.21. The lowest BCUT2D eigenvalue weighted by molar-refractivity contribution is 0.00863. The standard InChI is InChI=1S/C20H21F2N3O3S/c1-29(26,27)15-5-2-13(3-6-15)9-25-10-16(22)19(11-25)28-12-20-23-17-7-4-14(21)8-18(17)24-20/h2-8,16,19H,9-12H2,1H3,(H,23,24). The van der Waals surface area contributed by atoms with Gasteiger partial charge in [0.05, 0.1) is 15.9 Å². The predicted molar refractivity (Wildman–Crippen MR) is 104 cm³/mol. The molecule has 0 spiro atoms. The van der Waals surface area contributed by atoms with Gasteiger partial charge in [-0.3, -0.25) is 4.90 Å². The van der Waals surface area contributed by atoms with Crippen molar-refractivity contribution in [2.75, 3.05) is 19.3 Å². The van der Waals surface area contributed by atoms with Crippen LogP contribution < -0.4 is 0 Å². The molecule has 2 heterocycles. The fourth-order valence-electron chi connectivity index (χ4n) is 3.48. The molecule has 154 valence electrons. The van der Waals surface area contributed by atoms with Gasteiger partial charge < -0.3 is 9.72 Å². The number of fused-ring (bicyclic) bond motifs is 1. The van der Waals surface area contributed by atoms with Crippen LogP contribution in [0.4, 0.5) is 8.78 Å². The molecule has 2 unspecified atom stereocenters. The minimum Gasteiger partial charge on any atom is -0.366 e. The smallest absolute Gasteiger partial charge is 0.175 e. The Bertz CT molecular complexity index is 1120. The monoisotopic (exact) mass is 421 g/mol. The second kappa shape index (κ2) is 7.81. The van der Waals surface area contributed by atoms with Crippen molar-refractivity contribution in [3.05, 3.63) is 59.7 Å². The maximum atomic E-state index is 14.4. The number of aromatic nitrogens is 2. The van der Waals surface area contributed by atoms with Crippen LogP contribution in [0.1, 0.15) is 11.4 Å². The molecule has 2 atom stereocenters. The summed E-state index contributed by atoms with van der Waals surface area (Å²) in [5.74, 6) is 0.168. The predicted octanol–water partition coefficient (Wildman–Crippen LogP) is 2.84. The van der Waals surface area contributed by atoms with E-state index in [1.165, 1.54) is 12.1 Å². The van der Waals surface area contributed by atoms with Gasteiger partial charge in [0.1, 0.15) is 30.5 Å². The van der Waals surface area contributed by atoms with Gasteiger partial charge in [0, 0.05) is 25.9 Å². The average Bonchev–Trinajstić information content (AvgIpc) is 3.21. The van der Waals surface area contributed by atoms with Crippen molar-refractivity contribution in [1.82, 2.24) is 14.9 Å². The lowest BCUT2D eigenvalue weighted by atomic mass is 10.2. The molecule has 1 fully saturated rings. The molecular weight excluding hydrogens is 400 g/mol. The Labute approximate surface area is 167 Å². The molecule has 0 saturated carbocycles. The van der Waals surface area contributed by atoms with Crippen molar-refractivity contribution in [2.45, 2.75) is 30.3 Å². The van der Waals surface area contributed by atoms with Gasteiger partial charge in [0.25, 0.3) is 0 Å². The number of hydrogen-bond donors (Lipinski definition) is 1. The minimum atomic E-state index is -3.23. The molecule has 6 nitrogen and oxygen atoms in total. The molecule has 2 aromatic carbocycles. The molecule has 4 rings (SSSR count). The van der Waals surface area contributed by atoms with Gasteiger partial charge in [0.15, 0.2) is 9.84 Å². The quantitative estimate of drug-likeness (QED) is 0.663. The fraction of sp³-hybridized carbons (Fsp3) is 0.350. The highest BCUT2D eigenvalue weighted by atomic mass is 32.2. The number of H-pyrrole nitrogens is 1. The topological polar surface area (TPSA) is 75.3 Å². The number of ether oxygens (including phenoxy) is 1. The molecule has 1 saturated heterocycles. The van der Waals surface area contributed by atoms with Crippen LogP contribution in [0.25, 0.3) is 11.0 Å². The first-order valence-electron chi connectivity index (χ1n) is 9.19. The third-order valence-electron chi connectivity index (χ3n) is 4.96. The number of sulfone groups is 1. The summed E-state index contributed by atoms with van der Waals surface area (Å²) >= 11 is 0. The number of nitrogens with zero attached hydrogens (tertiary/aromatic N) is 2. The summed E-state index contributed by atoms with van der Waals surface area (Å²) in [6.07, 6.45) is -0.557. The number of nitrogens with one attached hydrogen (secondary N) is 1. The van der Waals surface area contributed by atoms with Gasteiger partial charge >= 0.3 is 0 Å². The molecule has 9 heteroatoms. The van der Waals surface area contributed by atoms with E-state index in [0.29, 0.717) is 29.9 Å². The number of benzene rings is 2. The average molecular weight is 421 g/mol. The number of halogens is 2. The van der Waals surface area contributed by atoms with Crippen LogP contribution >= 0.6 is 0 Å². The Hall–Kier alpha value is -2.36. The Kier molecular flexibility index (Phi) is 5.37. The minimum absolute atomic E-state index is 0.109. The Morgan fingerprint density at radius 2 is 1.97 bits per heavy atom. The lowest BCUT2D eigenvalue weighted by Gasteiger charge is -2.16. The summed E-state index contributed by atoms with van der Waals surface area (Å²) in [7, 11) is -3.23. The van der Waals surface area contributed by atoms with E-state index in [9.17, 15) is 17.2 Å². The van der Waals surface area contributed by atoms with Crippen LogP contribution in [0, 0.1) is 5.82 Å². The first-order chi connectivity index (χ1) is 13.8. The van der Waals surface area contributed by atoms with E-state index in [0.717, 1.165) is 11.8 Å². The van der Waals surface area contributed by atoms with Crippen molar-refractivity contribution in [1.29, 1.82) is 0 Å². The van der Waals surface area contributed by atoms with E-state index < -0.39 is 22.1 Å². The lowest BCUT2D eigenvalue weighted by Crippen LogP contribution is -2.24. The maximum Gasteiger partial charge on any atom is 0.175 e. The number of alkyl halides is 1. The van der Waals surface area contributed by atoms with Crippen LogP contribution in [-0.2, 0) is 27.7 Å². The van der Waals surface area contributed by atoms with Crippen molar-refractivity contribution >= 4 is 20.9 Å². The zero-order chi connectivity index (χ0) is 20.6. The van der Waals surface area contributed by atoms with Gasteiger partial charge in [-0.05, 0) is 35.9 Å². The highest BCUT2D eigenvalue weighted by Gasteiger charge is 2.33. The van der Waals surface area contributed by atoms with E-state index in [1.807, 2.05) is 4.90 Å². The number of aromatic amines is 1. The van der Waals surface area contributed by atoms with Gasteiger partial charge in [-0.25, -0.2) is 22.2 Å². The Morgan fingerprint density at radius 1 is 1.21 bits per heavy atom. The van der Waals surface area contributed by atoms with E-state index in [-0.39, 0.29) is 23.9 Å². The molecule has 0 amide bonds. The highest BCUT2D eigenvalue weighted by molar-refractivity contribution is 7.90. The van der Waals surface area contributed by atoms with Crippen LogP contribution in [0.2, 0.25) is 0 Å². The molecule has 0 aliphatic carbocycles. The second-order valence-electron chi connectivity index (χ2n) is 7.32. The van der Waals surface area contributed by atoms with Crippen LogP contribution in [0.5, 0.6) is 0 Å². The zero-order valence-electron chi connectivity index (χ0n) is 15.8. The summed E-state index contributed by atoms with van der Waals surface area (Å²) in [6, 6.07) is 10.9. The van der Waals surface area contributed by atoms with Crippen LogP contribution in [0.3, 0.4) is 0 Å². The zero-order valence-corrected chi connectivity index (χ0v) is 16.6. The van der Waals surface area contributed by atoms with E-state index in [2.05, 4.69) is 9.97 Å². The summed E-state index contributed by atoms with van der Waals surface area (Å²) in [4.78, 5) is 9.50. The van der Waals surface area contributed by atoms with E-state index in [1.54, 1.807) is 30.3 Å². The molecule has 0 radical (unpaired) electrons. The number of imidazole rings is 1. The SMILES string of the molecule is CS(=O)(=O)c1ccc(CN2CC(F)C(OCc3nc4ccc(F)cc4[nH]3)C2)cc1. The largest absolute Gasteiger partial charge is 0.366 e. The molecule has 1 N–H and O–H groups in total. The molecule has 1 aliphatic heterocycles. The number of hydrogen-bond acceptors (Lipinski definition) is 5. The van der Waals surface area contributed by atoms with E-state index >= 15 is 0 Å². The van der Waals surface area contributed by atoms with Gasteiger partial charge in [-0.1, -0.05) is 12.1 Å². The molecule has 29 heavy (non-hydrogen) atoms. The number of likely N-dealkylation sites (tertiary alicyclic amines) is 1. The summed E-state index contributed by atoms with van der Waals surface area (Å²) in [5.41, 5.74) is 2.11.